The van der Waals surface area contributed by atoms with E-state index in [0.717, 1.165) is 34.0 Å². The molecule has 0 amide bonds. The second kappa shape index (κ2) is 5.30. The number of rotatable bonds is 2. The third kappa shape index (κ3) is 2.67. The van der Waals surface area contributed by atoms with Crippen LogP contribution in [0.1, 0.15) is 16.8 Å². The van der Waals surface area contributed by atoms with E-state index in [1.807, 2.05) is 61.7 Å². The van der Waals surface area contributed by atoms with E-state index in [4.69, 9.17) is 11.6 Å². The van der Waals surface area contributed by atoms with E-state index in [1.54, 1.807) is 0 Å². The molecule has 5 heteroatoms. The number of hydrogen-bond donors (Lipinski definition) is 0. The van der Waals surface area contributed by atoms with Crippen LogP contribution in [-0.4, -0.2) is 9.38 Å². The topological polar surface area (TPSA) is 42.0 Å². The van der Waals surface area contributed by atoms with Gasteiger partial charge in [-0.3, -0.25) is 4.40 Å². The van der Waals surface area contributed by atoms with Gasteiger partial charge in [0.05, 0.1) is 11.4 Å². The first-order valence-electron chi connectivity index (χ1n) is 6.68. The van der Waals surface area contributed by atoms with Crippen LogP contribution in [0.4, 0.5) is 11.5 Å². The summed E-state index contributed by atoms with van der Waals surface area (Å²) in [4.78, 5) is 4.49. The fourth-order valence-corrected chi connectivity index (χ4v) is 2.33. The molecular formula is C16H15ClN4. The first kappa shape index (κ1) is 13.8. The lowest BCUT2D eigenvalue weighted by Crippen LogP contribution is -1.84. The Hall–Kier alpha value is -2.20. The Morgan fingerprint density at radius 1 is 1.05 bits per heavy atom. The molecule has 0 N–H and O–H groups in total. The number of azo groups is 1. The highest BCUT2D eigenvalue weighted by atomic mass is 35.5. The summed E-state index contributed by atoms with van der Waals surface area (Å²) < 4.78 is 1.95. The highest BCUT2D eigenvalue weighted by Gasteiger charge is 2.08. The Labute approximate surface area is 128 Å². The Morgan fingerprint density at radius 3 is 2.67 bits per heavy atom. The first-order chi connectivity index (χ1) is 10.0. The van der Waals surface area contributed by atoms with Crippen LogP contribution < -0.4 is 0 Å². The summed E-state index contributed by atoms with van der Waals surface area (Å²) in [7, 11) is 0. The molecule has 0 spiro atoms. The van der Waals surface area contributed by atoms with Gasteiger partial charge in [-0.2, -0.15) is 0 Å². The van der Waals surface area contributed by atoms with Crippen LogP contribution in [0.5, 0.6) is 0 Å². The lowest BCUT2D eigenvalue weighted by molar-refractivity contribution is 1.08. The number of hydrogen-bond acceptors (Lipinski definition) is 3. The average Bonchev–Trinajstić information content (AvgIpc) is 2.75. The number of benzene rings is 1. The van der Waals surface area contributed by atoms with E-state index < -0.39 is 0 Å². The zero-order valence-corrected chi connectivity index (χ0v) is 12.9. The van der Waals surface area contributed by atoms with Gasteiger partial charge >= 0.3 is 0 Å². The molecular weight excluding hydrogens is 284 g/mol. The van der Waals surface area contributed by atoms with Crippen molar-refractivity contribution in [3.8, 4) is 0 Å². The standard InChI is InChI=1S/C16H15ClN4/c1-10-4-7-15-18-12(3)16(21(15)9-10)20-19-14-8-13(17)6-5-11(14)2/h4-9H,1-3H3. The number of imidazole rings is 1. The number of fused-ring (bicyclic) bond motifs is 1. The van der Waals surface area contributed by atoms with Crippen LogP contribution in [-0.2, 0) is 0 Å². The van der Waals surface area contributed by atoms with Crippen molar-refractivity contribution in [2.45, 2.75) is 20.8 Å². The summed E-state index contributed by atoms with van der Waals surface area (Å²) >= 11 is 6.01. The first-order valence-corrected chi connectivity index (χ1v) is 7.05. The van der Waals surface area contributed by atoms with Crippen molar-refractivity contribution in [1.82, 2.24) is 9.38 Å². The zero-order chi connectivity index (χ0) is 15.0. The van der Waals surface area contributed by atoms with Crippen LogP contribution in [0.3, 0.4) is 0 Å². The maximum Gasteiger partial charge on any atom is 0.182 e. The second-order valence-electron chi connectivity index (χ2n) is 5.09. The molecule has 0 radical (unpaired) electrons. The fraction of sp³-hybridized carbons (Fsp3) is 0.188. The lowest BCUT2D eigenvalue weighted by atomic mass is 10.2. The third-order valence-electron chi connectivity index (χ3n) is 3.33. The largest absolute Gasteiger partial charge is 0.283 e. The third-order valence-corrected chi connectivity index (χ3v) is 3.57. The summed E-state index contributed by atoms with van der Waals surface area (Å²) in [6, 6.07) is 9.60. The van der Waals surface area contributed by atoms with Gasteiger partial charge < -0.3 is 0 Å². The van der Waals surface area contributed by atoms with Gasteiger partial charge in [-0.05, 0) is 50.1 Å². The summed E-state index contributed by atoms with van der Waals surface area (Å²) in [5.41, 5.74) is 4.67. The highest BCUT2D eigenvalue weighted by molar-refractivity contribution is 6.30. The molecule has 0 unspecified atom stereocenters. The van der Waals surface area contributed by atoms with Crippen molar-refractivity contribution < 1.29 is 0 Å². The van der Waals surface area contributed by atoms with E-state index in [1.165, 1.54) is 0 Å². The van der Waals surface area contributed by atoms with Crippen molar-refractivity contribution in [3.05, 3.63) is 58.4 Å². The highest BCUT2D eigenvalue weighted by Crippen LogP contribution is 2.27. The number of nitrogens with zero attached hydrogens (tertiary/aromatic N) is 4. The number of aryl methyl sites for hydroxylation is 3. The van der Waals surface area contributed by atoms with Gasteiger partial charge in [-0.25, -0.2) is 4.98 Å². The van der Waals surface area contributed by atoms with Gasteiger partial charge in [0, 0.05) is 11.2 Å². The molecule has 3 aromatic rings. The minimum atomic E-state index is 0.653. The van der Waals surface area contributed by atoms with Crippen LogP contribution in [0, 0.1) is 20.8 Å². The molecule has 0 aliphatic rings. The van der Waals surface area contributed by atoms with Gasteiger partial charge in [0.25, 0.3) is 0 Å². The fourth-order valence-electron chi connectivity index (χ4n) is 2.17. The molecule has 1 aromatic carbocycles. The molecule has 3 rings (SSSR count). The predicted molar refractivity (Wildman–Crippen MR) is 85.0 cm³/mol. The zero-order valence-electron chi connectivity index (χ0n) is 12.1. The van der Waals surface area contributed by atoms with Crippen molar-refractivity contribution in [2.24, 2.45) is 10.2 Å². The van der Waals surface area contributed by atoms with Gasteiger partial charge in [-0.15, -0.1) is 10.2 Å². The SMILES string of the molecule is Cc1ccc2nc(C)c(N=Nc3cc(Cl)ccc3C)n2c1. The molecule has 0 atom stereocenters. The quantitative estimate of drug-likeness (QED) is 0.590. The molecule has 4 nitrogen and oxygen atoms in total. The van der Waals surface area contributed by atoms with Crippen molar-refractivity contribution in [3.63, 3.8) is 0 Å². The lowest BCUT2D eigenvalue weighted by Gasteiger charge is -2.00. The Kier molecular flexibility index (Phi) is 3.47. The molecule has 0 aliphatic carbocycles. The van der Waals surface area contributed by atoms with Crippen LogP contribution in [0.25, 0.3) is 5.65 Å². The summed E-state index contributed by atoms with van der Waals surface area (Å²) in [6.45, 7) is 5.95. The molecule has 2 heterocycles. The van der Waals surface area contributed by atoms with Crippen LogP contribution in [0.15, 0.2) is 46.8 Å². The molecule has 0 bridgehead atoms. The maximum absolute atomic E-state index is 6.01. The average molecular weight is 299 g/mol. The van der Waals surface area contributed by atoms with E-state index >= 15 is 0 Å². The Bertz CT molecular complexity index is 849. The van der Waals surface area contributed by atoms with Crippen molar-refractivity contribution in [2.75, 3.05) is 0 Å². The van der Waals surface area contributed by atoms with E-state index in [0.29, 0.717) is 5.02 Å². The van der Waals surface area contributed by atoms with E-state index in [9.17, 15) is 0 Å². The van der Waals surface area contributed by atoms with E-state index in [-0.39, 0.29) is 0 Å². The van der Waals surface area contributed by atoms with Gasteiger partial charge in [-0.1, -0.05) is 23.7 Å². The minimum Gasteiger partial charge on any atom is -0.283 e. The normalized spacial score (nSPS) is 11.6. The molecule has 21 heavy (non-hydrogen) atoms. The maximum atomic E-state index is 6.01. The predicted octanol–water partition coefficient (Wildman–Crippen LogP) is 5.33. The summed E-state index contributed by atoms with van der Waals surface area (Å²) in [5, 5.41) is 9.36. The monoisotopic (exact) mass is 298 g/mol. The van der Waals surface area contributed by atoms with Gasteiger partial charge in [0.15, 0.2) is 5.82 Å². The summed E-state index contributed by atoms with van der Waals surface area (Å²) in [5.74, 6) is 0.744. The number of halogens is 1. The molecule has 106 valence electrons. The number of pyridine rings is 1. The van der Waals surface area contributed by atoms with Gasteiger partial charge in [0.2, 0.25) is 0 Å². The Balaban J connectivity index is 2.09. The molecule has 0 saturated heterocycles. The second-order valence-corrected chi connectivity index (χ2v) is 5.52. The van der Waals surface area contributed by atoms with Crippen molar-refractivity contribution >= 4 is 28.8 Å². The minimum absolute atomic E-state index is 0.653. The smallest absolute Gasteiger partial charge is 0.182 e. The molecule has 0 aliphatic heterocycles. The van der Waals surface area contributed by atoms with Crippen LogP contribution in [0.2, 0.25) is 5.02 Å². The molecule has 0 fully saturated rings. The van der Waals surface area contributed by atoms with Crippen molar-refractivity contribution in [1.29, 1.82) is 0 Å². The van der Waals surface area contributed by atoms with E-state index in [2.05, 4.69) is 15.2 Å². The Morgan fingerprint density at radius 2 is 1.86 bits per heavy atom. The van der Waals surface area contributed by atoms with Gasteiger partial charge in [0.1, 0.15) is 5.65 Å². The van der Waals surface area contributed by atoms with Crippen LogP contribution >= 0.6 is 11.6 Å². The summed E-state index contributed by atoms with van der Waals surface area (Å²) in [6.07, 6.45) is 2.01. The molecule has 2 aromatic heterocycles. The molecule has 0 saturated carbocycles. The number of aromatic nitrogens is 2.